The first-order valence-corrected chi connectivity index (χ1v) is 7.17. The van der Waals surface area contributed by atoms with E-state index in [1.807, 2.05) is 24.2 Å². The molecule has 2 aromatic rings. The van der Waals surface area contributed by atoms with Crippen LogP contribution >= 0.6 is 0 Å². The third kappa shape index (κ3) is 2.44. The average molecular weight is 300 g/mol. The fourth-order valence-corrected chi connectivity index (χ4v) is 3.15. The zero-order chi connectivity index (χ0) is 15.7. The smallest absolute Gasteiger partial charge is 0.143 e. The Bertz CT molecular complexity index is 721. The lowest BCUT2D eigenvalue weighted by Gasteiger charge is -2.20. The molecule has 1 aliphatic heterocycles. The number of hydrogen-bond donors (Lipinski definition) is 1. The zero-order valence-corrected chi connectivity index (χ0v) is 12.3. The Morgan fingerprint density at radius 3 is 2.91 bits per heavy atom. The molecule has 0 spiro atoms. The van der Waals surface area contributed by atoms with Crippen molar-refractivity contribution in [2.75, 3.05) is 24.6 Å². The molecule has 5 nitrogen and oxygen atoms in total. The Kier molecular flexibility index (Phi) is 3.82. The SMILES string of the molecule is Cn1cc([C@@H]2CN(c3cccc(F)c3C#N)C[C@H]2CO)cn1. The van der Waals surface area contributed by atoms with Gasteiger partial charge in [0, 0.05) is 44.8 Å². The Balaban J connectivity index is 1.92. The van der Waals surface area contributed by atoms with Crippen LogP contribution in [-0.4, -0.2) is 34.6 Å². The fourth-order valence-electron chi connectivity index (χ4n) is 3.15. The van der Waals surface area contributed by atoms with E-state index in [2.05, 4.69) is 5.10 Å². The van der Waals surface area contributed by atoms with E-state index in [-0.39, 0.29) is 24.0 Å². The van der Waals surface area contributed by atoms with Gasteiger partial charge < -0.3 is 10.0 Å². The predicted molar refractivity (Wildman–Crippen MR) is 79.9 cm³/mol. The molecule has 3 rings (SSSR count). The molecule has 0 saturated carbocycles. The van der Waals surface area contributed by atoms with E-state index in [0.717, 1.165) is 5.56 Å². The van der Waals surface area contributed by atoms with Gasteiger partial charge >= 0.3 is 0 Å². The number of rotatable bonds is 3. The zero-order valence-electron chi connectivity index (χ0n) is 12.3. The molecule has 2 heterocycles. The number of aliphatic hydroxyl groups is 1. The first-order valence-electron chi connectivity index (χ1n) is 7.17. The van der Waals surface area contributed by atoms with Gasteiger partial charge in [-0.15, -0.1) is 0 Å². The highest BCUT2D eigenvalue weighted by Crippen LogP contribution is 2.36. The molecule has 6 heteroatoms. The number of aliphatic hydroxyl groups excluding tert-OH is 1. The van der Waals surface area contributed by atoms with E-state index in [1.165, 1.54) is 6.07 Å². The Hall–Kier alpha value is -2.39. The maximum absolute atomic E-state index is 13.8. The summed E-state index contributed by atoms with van der Waals surface area (Å²) in [4.78, 5) is 1.97. The van der Waals surface area contributed by atoms with Gasteiger partial charge in [-0.25, -0.2) is 4.39 Å². The lowest BCUT2D eigenvalue weighted by Crippen LogP contribution is -2.21. The van der Waals surface area contributed by atoms with Crippen LogP contribution in [0.5, 0.6) is 0 Å². The minimum atomic E-state index is -0.509. The number of hydrogen-bond acceptors (Lipinski definition) is 4. The third-order valence-electron chi connectivity index (χ3n) is 4.27. The third-order valence-corrected chi connectivity index (χ3v) is 4.27. The summed E-state index contributed by atoms with van der Waals surface area (Å²) in [7, 11) is 1.85. The van der Waals surface area contributed by atoms with Gasteiger partial charge in [0.2, 0.25) is 0 Å². The molecule has 1 N–H and O–H groups in total. The first kappa shape index (κ1) is 14.5. The van der Waals surface area contributed by atoms with Gasteiger partial charge in [0.15, 0.2) is 0 Å². The van der Waals surface area contributed by atoms with Gasteiger partial charge in [0.05, 0.1) is 11.9 Å². The molecule has 1 aromatic carbocycles. The highest BCUT2D eigenvalue weighted by atomic mass is 19.1. The molecular formula is C16H17FN4O. The molecule has 0 amide bonds. The van der Waals surface area contributed by atoms with Crippen LogP contribution in [0.4, 0.5) is 10.1 Å². The van der Waals surface area contributed by atoms with Crippen LogP contribution in [0.3, 0.4) is 0 Å². The van der Waals surface area contributed by atoms with Crippen molar-refractivity contribution in [1.29, 1.82) is 5.26 Å². The standard InChI is InChI=1S/C16H17FN4O/c1-20-7-11(6-19-20)14-9-21(8-12(14)10-22)16-4-2-3-15(17)13(16)5-18/h2-4,6-7,12,14,22H,8-10H2,1H3/t12-,14-/m0/s1. The number of anilines is 1. The monoisotopic (exact) mass is 300 g/mol. The maximum Gasteiger partial charge on any atom is 0.143 e. The van der Waals surface area contributed by atoms with Crippen LogP contribution in [0.2, 0.25) is 0 Å². The Labute approximate surface area is 128 Å². The number of benzene rings is 1. The Morgan fingerprint density at radius 1 is 1.45 bits per heavy atom. The lowest BCUT2D eigenvalue weighted by molar-refractivity contribution is 0.227. The minimum Gasteiger partial charge on any atom is -0.396 e. The van der Waals surface area contributed by atoms with Crippen molar-refractivity contribution in [2.45, 2.75) is 5.92 Å². The number of nitriles is 1. The summed E-state index contributed by atoms with van der Waals surface area (Å²) in [6.45, 7) is 1.27. The molecule has 0 radical (unpaired) electrons. The highest BCUT2D eigenvalue weighted by molar-refractivity contribution is 5.61. The molecular weight excluding hydrogens is 283 g/mol. The van der Waals surface area contributed by atoms with Crippen LogP contribution in [0.1, 0.15) is 17.0 Å². The van der Waals surface area contributed by atoms with Crippen LogP contribution in [0.25, 0.3) is 0 Å². The van der Waals surface area contributed by atoms with Crippen molar-refractivity contribution in [1.82, 2.24) is 9.78 Å². The van der Waals surface area contributed by atoms with Gasteiger partial charge in [0.25, 0.3) is 0 Å². The number of aromatic nitrogens is 2. The van der Waals surface area contributed by atoms with E-state index in [9.17, 15) is 14.8 Å². The van der Waals surface area contributed by atoms with Gasteiger partial charge in [-0.1, -0.05) is 6.07 Å². The van der Waals surface area contributed by atoms with Crippen molar-refractivity contribution >= 4 is 5.69 Å². The molecule has 0 aliphatic carbocycles. The van der Waals surface area contributed by atoms with Crippen molar-refractivity contribution in [3.63, 3.8) is 0 Å². The van der Waals surface area contributed by atoms with Gasteiger partial charge in [0.1, 0.15) is 17.4 Å². The van der Waals surface area contributed by atoms with Crippen LogP contribution in [0, 0.1) is 23.1 Å². The molecule has 22 heavy (non-hydrogen) atoms. The molecule has 1 fully saturated rings. The fraction of sp³-hybridized carbons (Fsp3) is 0.375. The summed E-state index contributed by atoms with van der Waals surface area (Å²) >= 11 is 0. The Morgan fingerprint density at radius 2 is 2.27 bits per heavy atom. The minimum absolute atomic E-state index is 0.0408. The van der Waals surface area contributed by atoms with Crippen molar-refractivity contribution < 1.29 is 9.50 Å². The van der Waals surface area contributed by atoms with Crippen LogP contribution < -0.4 is 4.90 Å². The second-order valence-corrected chi connectivity index (χ2v) is 5.65. The van der Waals surface area contributed by atoms with Gasteiger partial charge in [-0.2, -0.15) is 10.4 Å². The van der Waals surface area contributed by atoms with E-state index < -0.39 is 5.82 Å². The van der Waals surface area contributed by atoms with Crippen molar-refractivity contribution in [2.24, 2.45) is 13.0 Å². The molecule has 1 saturated heterocycles. The number of aryl methyl sites for hydroxylation is 1. The summed E-state index contributed by atoms with van der Waals surface area (Å²) < 4.78 is 15.5. The summed E-state index contributed by atoms with van der Waals surface area (Å²) in [6, 6.07) is 6.59. The second kappa shape index (κ2) is 5.78. The maximum atomic E-state index is 13.8. The normalized spacial score (nSPS) is 21.1. The van der Waals surface area contributed by atoms with E-state index in [0.29, 0.717) is 18.8 Å². The van der Waals surface area contributed by atoms with E-state index in [4.69, 9.17) is 0 Å². The van der Waals surface area contributed by atoms with Crippen LogP contribution in [-0.2, 0) is 7.05 Å². The van der Waals surface area contributed by atoms with E-state index in [1.54, 1.807) is 23.0 Å². The topological polar surface area (TPSA) is 65.1 Å². The quantitative estimate of drug-likeness (QED) is 0.936. The highest BCUT2D eigenvalue weighted by Gasteiger charge is 2.35. The van der Waals surface area contributed by atoms with Crippen molar-refractivity contribution in [3.05, 3.63) is 47.5 Å². The predicted octanol–water partition coefficient (Wildman–Crippen LogP) is 1.64. The molecule has 0 bridgehead atoms. The number of halogens is 1. The molecule has 114 valence electrons. The summed E-state index contributed by atoms with van der Waals surface area (Å²) in [5, 5.41) is 23.0. The largest absolute Gasteiger partial charge is 0.396 e. The number of nitrogens with zero attached hydrogens (tertiary/aromatic N) is 4. The average Bonchev–Trinajstić information content (AvgIpc) is 3.12. The van der Waals surface area contributed by atoms with Crippen molar-refractivity contribution in [3.8, 4) is 6.07 Å². The summed E-state index contributed by atoms with van der Waals surface area (Å²) in [5.41, 5.74) is 1.71. The molecule has 1 aliphatic rings. The summed E-state index contributed by atoms with van der Waals surface area (Å²) in [6.07, 6.45) is 3.74. The van der Waals surface area contributed by atoms with Gasteiger partial charge in [-0.3, -0.25) is 4.68 Å². The lowest BCUT2D eigenvalue weighted by atomic mass is 9.92. The van der Waals surface area contributed by atoms with Crippen LogP contribution in [0.15, 0.2) is 30.6 Å². The molecule has 2 atom stereocenters. The molecule has 0 unspecified atom stereocenters. The van der Waals surface area contributed by atoms with Gasteiger partial charge in [-0.05, 0) is 17.7 Å². The first-order chi connectivity index (χ1) is 10.6. The molecule has 1 aromatic heterocycles. The van der Waals surface area contributed by atoms with E-state index >= 15 is 0 Å². The summed E-state index contributed by atoms with van der Waals surface area (Å²) in [5.74, 6) is -0.349. The second-order valence-electron chi connectivity index (χ2n) is 5.65.